The third kappa shape index (κ3) is 3.35. The number of hydrogen-bond donors (Lipinski definition) is 0. The fourth-order valence-corrected chi connectivity index (χ4v) is 4.76. The maximum absolute atomic E-state index is 6.32. The van der Waals surface area contributed by atoms with E-state index in [2.05, 4.69) is 114 Å². The lowest BCUT2D eigenvalue weighted by Gasteiger charge is -2.32. The van der Waals surface area contributed by atoms with Gasteiger partial charge < -0.3 is 9.31 Å². The van der Waals surface area contributed by atoms with Gasteiger partial charge in [0, 0.05) is 5.41 Å². The van der Waals surface area contributed by atoms with Gasteiger partial charge in [0.2, 0.25) is 0 Å². The second-order valence-corrected chi connectivity index (χ2v) is 10.6. The van der Waals surface area contributed by atoms with Gasteiger partial charge >= 0.3 is 7.12 Å². The molecule has 3 aromatic rings. The molecule has 0 bridgehead atoms. The van der Waals surface area contributed by atoms with Crippen molar-refractivity contribution in [3.8, 4) is 11.1 Å². The van der Waals surface area contributed by atoms with Crippen molar-refractivity contribution in [1.82, 2.24) is 0 Å². The molecule has 2 aliphatic rings. The molecule has 2 nitrogen and oxygen atoms in total. The van der Waals surface area contributed by atoms with E-state index in [-0.39, 0.29) is 23.7 Å². The third-order valence-electron chi connectivity index (χ3n) is 7.52. The highest BCUT2D eigenvalue weighted by Gasteiger charge is 2.52. The Morgan fingerprint density at radius 1 is 0.625 bits per heavy atom. The van der Waals surface area contributed by atoms with Gasteiger partial charge in [0.1, 0.15) is 0 Å². The minimum atomic E-state index is -0.339. The quantitative estimate of drug-likeness (QED) is 0.356. The molecule has 162 valence electrons. The highest BCUT2D eigenvalue weighted by molar-refractivity contribution is 6.62. The molecule has 0 unspecified atom stereocenters. The van der Waals surface area contributed by atoms with Crippen LogP contribution in [0.4, 0.5) is 0 Å². The summed E-state index contributed by atoms with van der Waals surface area (Å²) in [6.45, 7) is 13.0. The van der Waals surface area contributed by atoms with Crippen LogP contribution in [0.2, 0.25) is 0 Å². The predicted octanol–water partition coefficient (Wildman–Crippen LogP) is 6.46. The zero-order valence-electron chi connectivity index (χ0n) is 19.9. The van der Waals surface area contributed by atoms with Crippen LogP contribution in [-0.4, -0.2) is 18.3 Å². The number of benzene rings is 3. The van der Waals surface area contributed by atoms with E-state index in [0.29, 0.717) is 0 Å². The van der Waals surface area contributed by atoms with Crippen LogP contribution in [0, 0.1) is 0 Å². The zero-order chi connectivity index (χ0) is 22.7. The smallest absolute Gasteiger partial charge is 0.399 e. The molecule has 1 saturated heterocycles. The molecule has 0 amide bonds. The summed E-state index contributed by atoms with van der Waals surface area (Å²) in [6, 6.07) is 23.9. The second kappa shape index (κ2) is 7.20. The fraction of sp³-hybridized carbons (Fsp3) is 0.310. The molecule has 32 heavy (non-hydrogen) atoms. The molecule has 3 heteroatoms. The van der Waals surface area contributed by atoms with Crippen LogP contribution >= 0.6 is 0 Å². The molecular weight excluding hydrogens is 391 g/mol. The third-order valence-corrected chi connectivity index (χ3v) is 7.52. The summed E-state index contributed by atoms with van der Waals surface area (Å²) in [5, 5.41) is 0. The summed E-state index contributed by atoms with van der Waals surface area (Å²) in [5.74, 6) is 0. The highest BCUT2D eigenvalue weighted by atomic mass is 16.7. The number of rotatable bonds is 3. The largest absolute Gasteiger partial charge is 0.494 e. The van der Waals surface area contributed by atoms with Crippen molar-refractivity contribution in [2.75, 3.05) is 0 Å². The Balaban J connectivity index is 1.48. The van der Waals surface area contributed by atoms with Crippen molar-refractivity contribution in [2.45, 2.75) is 58.2 Å². The van der Waals surface area contributed by atoms with Crippen LogP contribution in [0.15, 0.2) is 66.7 Å². The lowest BCUT2D eigenvalue weighted by molar-refractivity contribution is 0.00578. The van der Waals surface area contributed by atoms with Crippen molar-refractivity contribution in [1.29, 1.82) is 0 Å². The summed E-state index contributed by atoms with van der Waals surface area (Å²) in [5.41, 5.74) is 8.10. The lowest BCUT2D eigenvalue weighted by Crippen LogP contribution is -2.41. The molecule has 1 aliphatic heterocycles. The van der Waals surface area contributed by atoms with Gasteiger partial charge in [-0.05, 0) is 66.5 Å². The molecule has 0 saturated carbocycles. The second-order valence-electron chi connectivity index (χ2n) is 10.6. The first-order valence-corrected chi connectivity index (χ1v) is 11.5. The van der Waals surface area contributed by atoms with Crippen molar-refractivity contribution in [2.24, 2.45) is 0 Å². The Morgan fingerprint density at radius 2 is 1.19 bits per heavy atom. The van der Waals surface area contributed by atoms with Gasteiger partial charge in [0.15, 0.2) is 0 Å². The van der Waals surface area contributed by atoms with Gasteiger partial charge in [-0.2, -0.15) is 0 Å². The monoisotopic (exact) mass is 422 g/mol. The summed E-state index contributed by atoms with van der Waals surface area (Å²) in [4.78, 5) is 0. The van der Waals surface area contributed by atoms with E-state index in [1.54, 1.807) is 0 Å². The van der Waals surface area contributed by atoms with Gasteiger partial charge in [-0.25, -0.2) is 0 Å². The first kappa shape index (κ1) is 21.2. The Labute approximate surface area is 192 Å². The van der Waals surface area contributed by atoms with E-state index in [9.17, 15) is 0 Å². The first-order valence-electron chi connectivity index (χ1n) is 11.5. The van der Waals surface area contributed by atoms with Crippen molar-refractivity contribution >= 4 is 24.7 Å². The van der Waals surface area contributed by atoms with E-state index in [0.717, 1.165) is 5.46 Å². The Kier molecular flexibility index (Phi) is 4.78. The normalized spacial score (nSPS) is 19.9. The Hall–Kier alpha value is -2.62. The molecule has 3 aromatic carbocycles. The molecule has 5 rings (SSSR count). The summed E-state index contributed by atoms with van der Waals surface area (Å²) < 4.78 is 12.6. The van der Waals surface area contributed by atoms with Crippen LogP contribution in [-0.2, 0) is 14.7 Å². The minimum absolute atomic E-state index is 0.0824. The standard InChI is InChI=1S/C29H31BO2/c1-27(2)25-18-21(13-12-20-10-8-7-9-11-20)14-16-23(25)24-17-15-22(19-26(24)27)30-31-28(3,4)29(5,6)32-30/h7-19H,1-6H3/b13-12+. The van der Waals surface area contributed by atoms with Gasteiger partial charge in [0.25, 0.3) is 0 Å². The van der Waals surface area contributed by atoms with Crippen LogP contribution < -0.4 is 5.46 Å². The van der Waals surface area contributed by atoms with Crippen molar-refractivity contribution < 1.29 is 9.31 Å². The maximum atomic E-state index is 6.32. The molecule has 1 aliphatic carbocycles. The van der Waals surface area contributed by atoms with E-state index >= 15 is 0 Å². The van der Waals surface area contributed by atoms with E-state index in [4.69, 9.17) is 9.31 Å². The average Bonchev–Trinajstić information content (AvgIpc) is 3.12. The molecule has 0 aromatic heterocycles. The molecule has 0 spiro atoms. The maximum Gasteiger partial charge on any atom is 0.494 e. The highest BCUT2D eigenvalue weighted by Crippen LogP contribution is 2.49. The van der Waals surface area contributed by atoms with Crippen LogP contribution in [0.3, 0.4) is 0 Å². The topological polar surface area (TPSA) is 18.5 Å². The summed E-state index contributed by atoms with van der Waals surface area (Å²) in [6.07, 6.45) is 4.37. The summed E-state index contributed by atoms with van der Waals surface area (Å²) >= 11 is 0. The van der Waals surface area contributed by atoms with Crippen molar-refractivity contribution in [3.05, 3.63) is 89.0 Å². The molecule has 0 radical (unpaired) electrons. The van der Waals surface area contributed by atoms with E-state index in [1.165, 1.54) is 33.4 Å². The van der Waals surface area contributed by atoms with Gasteiger partial charge in [-0.15, -0.1) is 0 Å². The predicted molar refractivity (Wildman–Crippen MR) is 135 cm³/mol. The van der Waals surface area contributed by atoms with Crippen molar-refractivity contribution in [3.63, 3.8) is 0 Å². The minimum Gasteiger partial charge on any atom is -0.399 e. The van der Waals surface area contributed by atoms with E-state index in [1.807, 2.05) is 6.07 Å². The number of hydrogen-bond acceptors (Lipinski definition) is 2. The molecular formula is C29H31BO2. The number of fused-ring (bicyclic) bond motifs is 3. The molecule has 0 atom stereocenters. The molecule has 1 heterocycles. The van der Waals surface area contributed by atoms with Crippen LogP contribution in [0.25, 0.3) is 23.3 Å². The Morgan fingerprint density at radius 3 is 1.84 bits per heavy atom. The Bertz CT molecular complexity index is 1190. The lowest BCUT2D eigenvalue weighted by atomic mass is 9.74. The summed E-state index contributed by atoms with van der Waals surface area (Å²) in [7, 11) is -0.339. The molecule has 0 N–H and O–H groups in total. The average molecular weight is 422 g/mol. The molecule has 1 fully saturated rings. The van der Waals surface area contributed by atoms with Crippen LogP contribution in [0.1, 0.15) is 63.8 Å². The van der Waals surface area contributed by atoms with Gasteiger partial charge in [-0.3, -0.25) is 0 Å². The SMILES string of the molecule is CC1(C)c2cc(/C=C/c3ccccc3)ccc2-c2ccc(B3OC(C)(C)C(C)(C)O3)cc21. The van der Waals surface area contributed by atoms with E-state index < -0.39 is 0 Å². The fourth-order valence-electron chi connectivity index (χ4n) is 4.76. The van der Waals surface area contributed by atoms with Gasteiger partial charge in [-0.1, -0.05) is 92.7 Å². The van der Waals surface area contributed by atoms with Gasteiger partial charge in [0.05, 0.1) is 11.2 Å². The van der Waals surface area contributed by atoms with Crippen LogP contribution in [0.5, 0.6) is 0 Å². The first-order chi connectivity index (χ1) is 15.1. The zero-order valence-corrected chi connectivity index (χ0v) is 19.9.